The quantitative estimate of drug-likeness (QED) is 0.580. The van der Waals surface area contributed by atoms with Crippen LogP contribution in [0.3, 0.4) is 0 Å². The number of ether oxygens (including phenoxy) is 1. The second-order valence-corrected chi connectivity index (χ2v) is 3.86. The molecule has 5 heteroatoms. The lowest BCUT2D eigenvalue weighted by molar-refractivity contribution is -0.148. The van der Waals surface area contributed by atoms with Crippen LogP contribution in [0.1, 0.15) is 18.9 Å². The smallest absolute Gasteiger partial charge is 0.306 e. The molecule has 98 valence electrons. The SMILES string of the molecule is CCNC(=O)COC(=O)CCc1cccc(N)c1. The van der Waals surface area contributed by atoms with Crippen LogP contribution in [0.4, 0.5) is 5.69 Å². The third-order valence-corrected chi connectivity index (χ3v) is 2.31. The predicted octanol–water partition coefficient (Wildman–Crippen LogP) is 0.881. The summed E-state index contributed by atoms with van der Waals surface area (Å²) in [7, 11) is 0. The summed E-state index contributed by atoms with van der Waals surface area (Å²) in [5, 5.41) is 2.55. The van der Waals surface area contributed by atoms with E-state index in [0.29, 0.717) is 18.7 Å². The van der Waals surface area contributed by atoms with Gasteiger partial charge in [-0.05, 0) is 31.0 Å². The van der Waals surface area contributed by atoms with Gasteiger partial charge in [-0.1, -0.05) is 12.1 Å². The van der Waals surface area contributed by atoms with Crippen LogP contribution < -0.4 is 11.1 Å². The Morgan fingerprint density at radius 1 is 1.39 bits per heavy atom. The van der Waals surface area contributed by atoms with E-state index >= 15 is 0 Å². The molecule has 0 unspecified atom stereocenters. The molecule has 1 aromatic rings. The Balaban J connectivity index is 2.27. The Hall–Kier alpha value is -2.04. The molecule has 0 saturated carbocycles. The van der Waals surface area contributed by atoms with Crippen molar-refractivity contribution in [3.8, 4) is 0 Å². The van der Waals surface area contributed by atoms with Gasteiger partial charge in [-0.2, -0.15) is 0 Å². The first-order valence-corrected chi connectivity index (χ1v) is 5.88. The Morgan fingerprint density at radius 2 is 2.17 bits per heavy atom. The number of nitrogens with two attached hydrogens (primary N) is 1. The molecule has 0 aliphatic heterocycles. The van der Waals surface area contributed by atoms with E-state index in [4.69, 9.17) is 10.5 Å². The average Bonchev–Trinajstić information content (AvgIpc) is 2.34. The van der Waals surface area contributed by atoms with Gasteiger partial charge in [0.2, 0.25) is 0 Å². The van der Waals surface area contributed by atoms with Gasteiger partial charge in [0.05, 0.1) is 0 Å². The van der Waals surface area contributed by atoms with Crippen LogP contribution in [0.15, 0.2) is 24.3 Å². The number of esters is 1. The highest BCUT2D eigenvalue weighted by Crippen LogP contribution is 2.08. The van der Waals surface area contributed by atoms with Crippen LogP contribution in [-0.2, 0) is 20.7 Å². The van der Waals surface area contributed by atoms with Crippen molar-refractivity contribution in [3.63, 3.8) is 0 Å². The lowest BCUT2D eigenvalue weighted by Gasteiger charge is -2.05. The highest BCUT2D eigenvalue weighted by molar-refractivity contribution is 5.80. The van der Waals surface area contributed by atoms with Gasteiger partial charge in [0.1, 0.15) is 0 Å². The van der Waals surface area contributed by atoms with Crippen LogP contribution in [0, 0.1) is 0 Å². The minimum atomic E-state index is -0.385. The molecule has 0 aromatic heterocycles. The Bertz CT molecular complexity index is 418. The standard InChI is InChI=1S/C13H18N2O3/c1-2-15-12(16)9-18-13(17)7-6-10-4-3-5-11(14)8-10/h3-5,8H,2,6-7,9,14H2,1H3,(H,15,16). The second kappa shape index (κ2) is 7.32. The fourth-order valence-corrected chi connectivity index (χ4v) is 1.46. The number of hydrogen-bond donors (Lipinski definition) is 2. The Labute approximate surface area is 106 Å². The molecule has 0 atom stereocenters. The lowest BCUT2D eigenvalue weighted by Crippen LogP contribution is -2.28. The maximum absolute atomic E-state index is 11.4. The molecule has 5 nitrogen and oxygen atoms in total. The molecule has 1 rings (SSSR count). The summed E-state index contributed by atoms with van der Waals surface area (Å²) in [6.07, 6.45) is 0.794. The number of anilines is 1. The Morgan fingerprint density at radius 3 is 2.83 bits per heavy atom. The maximum Gasteiger partial charge on any atom is 0.306 e. The van der Waals surface area contributed by atoms with E-state index in [1.165, 1.54) is 0 Å². The summed E-state index contributed by atoms with van der Waals surface area (Å²) in [6, 6.07) is 7.34. The van der Waals surface area contributed by atoms with Crippen molar-refractivity contribution in [1.29, 1.82) is 0 Å². The van der Waals surface area contributed by atoms with Gasteiger partial charge < -0.3 is 15.8 Å². The molecule has 0 aliphatic rings. The lowest BCUT2D eigenvalue weighted by atomic mass is 10.1. The summed E-state index contributed by atoms with van der Waals surface area (Å²) in [4.78, 5) is 22.4. The molecular weight excluding hydrogens is 232 g/mol. The number of benzene rings is 1. The van der Waals surface area contributed by atoms with Gasteiger partial charge in [0.25, 0.3) is 5.91 Å². The molecule has 1 amide bonds. The van der Waals surface area contributed by atoms with Gasteiger partial charge in [0, 0.05) is 18.7 Å². The molecule has 0 fully saturated rings. The number of carbonyl (C=O) groups excluding carboxylic acids is 2. The first kappa shape index (κ1) is 14.0. The Kier molecular flexibility index (Phi) is 5.70. The van der Waals surface area contributed by atoms with Gasteiger partial charge in [0.15, 0.2) is 6.61 Å². The van der Waals surface area contributed by atoms with Gasteiger partial charge in [-0.3, -0.25) is 9.59 Å². The summed E-state index contributed by atoms with van der Waals surface area (Å²) >= 11 is 0. The van der Waals surface area contributed by atoms with Crippen LogP contribution >= 0.6 is 0 Å². The minimum Gasteiger partial charge on any atom is -0.456 e. The zero-order valence-electron chi connectivity index (χ0n) is 10.4. The third kappa shape index (κ3) is 5.34. The van der Waals surface area contributed by atoms with Crippen LogP contribution in [0.25, 0.3) is 0 Å². The van der Waals surface area contributed by atoms with Crippen molar-refractivity contribution >= 4 is 17.6 Å². The van der Waals surface area contributed by atoms with Crippen LogP contribution in [-0.4, -0.2) is 25.0 Å². The van der Waals surface area contributed by atoms with E-state index in [9.17, 15) is 9.59 Å². The number of nitrogen functional groups attached to an aromatic ring is 1. The fourth-order valence-electron chi connectivity index (χ4n) is 1.46. The topological polar surface area (TPSA) is 81.4 Å². The van der Waals surface area contributed by atoms with E-state index < -0.39 is 0 Å². The zero-order chi connectivity index (χ0) is 13.4. The molecule has 0 heterocycles. The molecule has 0 saturated heterocycles. The van der Waals surface area contributed by atoms with Crippen molar-refractivity contribution < 1.29 is 14.3 Å². The highest BCUT2D eigenvalue weighted by Gasteiger charge is 2.07. The monoisotopic (exact) mass is 250 g/mol. The van der Waals surface area contributed by atoms with Crippen molar-refractivity contribution in [1.82, 2.24) is 5.32 Å². The number of hydrogen-bond acceptors (Lipinski definition) is 4. The molecule has 0 radical (unpaired) electrons. The molecule has 0 aliphatic carbocycles. The number of amides is 1. The number of nitrogens with one attached hydrogen (secondary N) is 1. The van der Waals surface area contributed by atoms with Crippen molar-refractivity contribution in [2.45, 2.75) is 19.8 Å². The molecular formula is C13H18N2O3. The third-order valence-electron chi connectivity index (χ3n) is 2.31. The van der Waals surface area contributed by atoms with Crippen molar-refractivity contribution in [2.24, 2.45) is 0 Å². The van der Waals surface area contributed by atoms with E-state index in [-0.39, 0.29) is 24.9 Å². The summed E-state index contributed by atoms with van der Waals surface area (Å²) in [6.45, 7) is 2.11. The van der Waals surface area contributed by atoms with Crippen molar-refractivity contribution in [2.75, 3.05) is 18.9 Å². The van der Waals surface area contributed by atoms with Gasteiger partial charge in [-0.25, -0.2) is 0 Å². The van der Waals surface area contributed by atoms with Crippen LogP contribution in [0.5, 0.6) is 0 Å². The van der Waals surface area contributed by atoms with E-state index in [2.05, 4.69) is 5.32 Å². The van der Waals surface area contributed by atoms with E-state index in [1.807, 2.05) is 18.2 Å². The molecule has 18 heavy (non-hydrogen) atoms. The molecule has 0 spiro atoms. The zero-order valence-corrected chi connectivity index (χ0v) is 10.4. The number of likely N-dealkylation sites (N-methyl/N-ethyl adjacent to an activating group) is 1. The first-order chi connectivity index (χ1) is 8.61. The first-order valence-electron chi connectivity index (χ1n) is 5.88. The van der Waals surface area contributed by atoms with E-state index in [0.717, 1.165) is 5.56 Å². The van der Waals surface area contributed by atoms with Crippen molar-refractivity contribution in [3.05, 3.63) is 29.8 Å². The van der Waals surface area contributed by atoms with Crippen LogP contribution in [0.2, 0.25) is 0 Å². The molecule has 0 bridgehead atoms. The molecule has 1 aromatic carbocycles. The number of carbonyl (C=O) groups is 2. The molecule has 3 N–H and O–H groups in total. The number of aryl methyl sites for hydroxylation is 1. The highest BCUT2D eigenvalue weighted by atomic mass is 16.5. The summed E-state index contributed by atoms with van der Waals surface area (Å²) in [5.74, 6) is -0.668. The van der Waals surface area contributed by atoms with Gasteiger partial charge in [-0.15, -0.1) is 0 Å². The number of rotatable bonds is 6. The summed E-state index contributed by atoms with van der Waals surface area (Å²) < 4.78 is 4.83. The van der Waals surface area contributed by atoms with E-state index in [1.54, 1.807) is 13.0 Å². The normalized spacial score (nSPS) is 9.83. The second-order valence-electron chi connectivity index (χ2n) is 3.86. The summed E-state index contributed by atoms with van der Waals surface area (Å²) in [5.41, 5.74) is 7.27. The van der Waals surface area contributed by atoms with Gasteiger partial charge >= 0.3 is 5.97 Å². The maximum atomic E-state index is 11.4. The predicted molar refractivity (Wildman–Crippen MR) is 68.8 cm³/mol. The average molecular weight is 250 g/mol. The minimum absolute atomic E-state index is 0.219. The fraction of sp³-hybridized carbons (Fsp3) is 0.385. The largest absolute Gasteiger partial charge is 0.456 e.